The molecule has 2 heteroatoms. The zero-order chi connectivity index (χ0) is 12.2. The van der Waals surface area contributed by atoms with Crippen LogP contribution in [0.1, 0.15) is 65.2 Å². The van der Waals surface area contributed by atoms with Crippen molar-refractivity contribution in [2.75, 3.05) is 0 Å². The topological polar surface area (TPSA) is 37.3 Å². The molecule has 1 unspecified atom stereocenters. The van der Waals surface area contributed by atoms with Gasteiger partial charge in [0.2, 0.25) is 0 Å². The lowest BCUT2D eigenvalue weighted by atomic mass is 9.94. The average Bonchev–Trinajstić information content (AvgIpc) is 2.22. The second-order valence-electron chi connectivity index (χ2n) is 4.44. The van der Waals surface area contributed by atoms with Gasteiger partial charge < -0.3 is 5.11 Å². The maximum absolute atomic E-state index is 10.6. The van der Waals surface area contributed by atoms with Crippen molar-refractivity contribution in [1.29, 1.82) is 0 Å². The third-order valence-corrected chi connectivity index (χ3v) is 2.77. The molecule has 0 rings (SSSR count). The van der Waals surface area contributed by atoms with Crippen LogP contribution >= 0.6 is 0 Å². The van der Waals surface area contributed by atoms with Crippen molar-refractivity contribution in [2.24, 2.45) is 5.92 Å². The van der Waals surface area contributed by atoms with E-state index >= 15 is 0 Å². The number of carboxylic acid groups (broad SMARTS) is 1. The second-order valence-corrected chi connectivity index (χ2v) is 4.44. The molecular formula is C14H26O2. The monoisotopic (exact) mass is 226 g/mol. The molecular weight excluding hydrogens is 200 g/mol. The Bertz CT molecular complexity index is 197. The van der Waals surface area contributed by atoms with E-state index < -0.39 is 5.97 Å². The highest BCUT2D eigenvalue weighted by atomic mass is 16.4. The van der Waals surface area contributed by atoms with Crippen LogP contribution in [0.25, 0.3) is 0 Å². The summed E-state index contributed by atoms with van der Waals surface area (Å²) in [5.74, 6) is -0.276. The minimum Gasteiger partial charge on any atom is -0.481 e. The van der Waals surface area contributed by atoms with Crippen LogP contribution in [0.5, 0.6) is 0 Å². The lowest BCUT2D eigenvalue weighted by Crippen LogP contribution is -2.07. The molecule has 0 bridgehead atoms. The van der Waals surface area contributed by atoms with Crippen molar-refractivity contribution in [2.45, 2.75) is 65.2 Å². The number of aliphatic carboxylic acids is 1. The Morgan fingerprint density at radius 3 is 2.38 bits per heavy atom. The molecule has 94 valence electrons. The van der Waals surface area contributed by atoms with Crippen molar-refractivity contribution in [3.8, 4) is 0 Å². The van der Waals surface area contributed by atoms with Gasteiger partial charge in [-0.05, 0) is 31.6 Å². The molecule has 1 N–H and O–H groups in total. The quantitative estimate of drug-likeness (QED) is 0.442. The minimum atomic E-state index is -0.653. The lowest BCUT2D eigenvalue weighted by molar-refractivity contribution is -0.138. The molecule has 0 aromatic heterocycles. The summed E-state index contributed by atoms with van der Waals surface area (Å²) in [6.45, 7) is 4.30. The summed E-state index contributed by atoms with van der Waals surface area (Å²) in [5, 5.41) is 8.77. The molecule has 0 saturated heterocycles. The van der Waals surface area contributed by atoms with Gasteiger partial charge in [0.15, 0.2) is 0 Å². The zero-order valence-electron chi connectivity index (χ0n) is 10.7. The fraction of sp³-hybridized carbons (Fsp3) is 0.786. The zero-order valence-corrected chi connectivity index (χ0v) is 10.7. The molecule has 0 aromatic carbocycles. The van der Waals surface area contributed by atoms with Crippen molar-refractivity contribution in [3.05, 3.63) is 12.2 Å². The van der Waals surface area contributed by atoms with E-state index in [1.54, 1.807) is 0 Å². The standard InChI is InChI=1S/C14H26O2/c1-3-5-6-7-8-9-11-13(10-4-2)12-14(15)16/h6-7,13H,3-5,8-12H2,1-2H3,(H,15,16). The van der Waals surface area contributed by atoms with E-state index in [0.29, 0.717) is 12.3 Å². The van der Waals surface area contributed by atoms with Gasteiger partial charge in [-0.15, -0.1) is 0 Å². The van der Waals surface area contributed by atoms with Gasteiger partial charge in [-0.25, -0.2) is 0 Å². The summed E-state index contributed by atoms with van der Waals surface area (Å²) in [6.07, 6.45) is 12.6. The average molecular weight is 226 g/mol. The summed E-state index contributed by atoms with van der Waals surface area (Å²) in [7, 11) is 0. The van der Waals surface area contributed by atoms with E-state index in [4.69, 9.17) is 5.11 Å². The molecule has 1 atom stereocenters. The summed E-state index contributed by atoms with van der Waals surface area (Å²) in [6, 6.07) is 0. The predicted molar refractivity (Wildman–Crippen MR) is 68.5 cm³/mol. The Hall–Kier alpha value is -0.790. The second kappa shape index (κ2) is 10.7. The minimum absolute atomic E-state index is 0.340. The molecule has 0 saturated carbocycles. The van der Waals surface area contributed by atoms with Crippen LogP contribution in [0, 0.1) is 5.92 Å². The van der Waals surface area contributed by atoms with Crippen LogP contribution in [-0.4, -0.2) is 11.1 Å². The van der Waals surface area contributed by atoms with E-state index in [-0.39, 0.29) is 0 Å². The van der Waals surface area contributed by atoms with E-state index in [1.807, 2.05) is 0 Å². The first-order valence-corrected chi connectivity index (χ1v) is 6.57. The largest absolute Gasteiger partial charge is 0.481 e. The Labute approximate surface area is 99.7 Å². The summed E-state index contributed by atoms with van der Waals surface area (Å²) in [4.78, 5) is 10.6. The molecule has 0 aromatic rings. The molecule has 0 heterocycles. The van der Waals surface area contributed by atoms with Gasteiger partial charge in [0.25, 0.3) is 0 Å². The Morgan fingerprint density at radius 1 is 1.12 bits per heavy atom. The van der Waals surface area contributed by atoms with Crippen LogP contribution in [0.3, 0.4) is 0 Å². The van der Waals surface area contributed by atoms with Crippen molar-refractivity contribution < 1.29 is 9.90 Å². The highest BCUT2D eigenvalue weighted by Gasteiger charge is 2.11. The van der Waals surface area contributed by atoms with E-state index in [0.717, 1.165) is 38.5 Å². The Kier molecular flexibility index (Phi) is 10.2. The normalized spacial score (nSPS) is 13.1. The summed E-state index contributed by atoms with van der Waals surface area (Å²) < 4.78 is 0. The predicted octanol–water partition coefficient (Wildman–Crippen LogP) is 4.40. The number of hydrogen-bond donors (Lipinski definition) is 1. The van der Waals surface area contributed by atoms with Crippen molar-refractivity contribution in [3.63, 3.8) is 0 Å². The first-order chi connectivity index (χ1) is 7.70. The third kappa shape index (κ3) is 9.75. The van der Waals surface area contributed by atoms with E-state index in [2.05, 4.69) is 26.0 Å². The van der Waals surface area contributed by atoms with Gasteiger partial charge in [-0.2, -0.15) is 0 Å². The number of allylic oxidation sites excluding steroid dienone is 2. The third-order valence-electron chi connectivity index (χ3n) is 2.77. The molecule has 0 fully saturated rings. The maximum atomic E-state index is 10.6. The first kappa shape index (κ1) is 15.2. The highest BCUT2D eigenvalue weighted by molar-refractivity contribution is 5.66. The molecule has 0 amide bonds. The highest BCUT2D eigenvalue weighted by Crippen LogP contribution is 2.18. The fourth-order valence-corrected chi connectivity index (χ4v) is 1.93. The van der Waals surface area contributed by atoms with Gasteiger partial charge in [0.1, 0.15) is 0 Å². The molecule has 0 spiro atoms. The van der Waals surface area contributed by atoms with Gasteiger partial charge in [-0.3, -0.25) is 4.79 Å². The number of rotatable bonds is 10. The van der Waals surface area contributed by atoms with Crippen molar-refractivity contribution in [1.82, 2.24) is 0 Å². The van der Waals surface area contributed by atoms with E-state index in [9.17, 15) is 4.79 Å². The van der Waals surface area contributed by atoms with Crippen molar-refractivity contribution >= 4 is 5.97 Å². The number of carboxylic acids is 1. The molecule has 16 heavy (non-hydrogen) atoms. The van der Waals surface area contributed by atoms with Crippen LogP contribution < -0.4 is 0 Å². The fourth-order valence-electron chi connectivity index (χ4n) is 1.93. The molecule has 0 radical (unpaired) electrons. The SMILES string of the molecule is CCCC=CCCCC(CCC)CC(=O)O. The molecule has 0 aliphatic heterocycles. The lowest BCUT2D eigenvalue weighted by Gasteiger charge is -2.12. The van der Waals surface area contributed by atoms with Gasteiger partial charge in [-0.1, -0.05) is 45.3 Å². The van der Waals surface area contributed by atoms with Crippen LogP contribution in [-0.2, 0) is 4.79 Å². The Morgan fingerprint density at radius 2 is 1.81 bits per heavy atom. The summed E-state index contributed by atoms with van der Waals surface area (Å²) >= 11 is 0. The number of carbonyl (C=O) groups is 1. The molecule has 2 nitrogen and oxygen atoms in total. The molecule has 0 aliphatic rings. The maximum Gasteiger partial charge on any atom is 0.303 e. The molecule has 0 aliphatic carbocycles. The number of hydrogen-bond acceptors (Lipinski definition) is 1. The summed E-state index contributed by atoms with van der Waals surface area (Å²) in [5.41, 5.74) is 0. The van der Waals surface area contributed by atoms with Gasteiger partial charge in [0.05, 0.1) is 0 Å². The van der Waals surface area contributed by atoms with Crippen LogP contribution in [0.2, 0.25) is 0 Å². The first-order valence-electron chi connectivity index (χ1n) is 6.57. The number of unbranched alkanes of at least 4 members (excludes halogenated alkanes) is 2. The Balaban J connectivity index is 3.62. The van der Waals surface area contributed by atoms with Crippen LogP contribution in [0.15, 0.2) is 12.2 Å². The van der Waals surface area contributed by atoms with Crippen LogP contribution in [0.4, 0.5) is 0 Å². The van der Waals surface area contributed by atoms with E-state index in [1.165, 1.54) is 6.42 Å². The smallest absolute Gasteiger partial charge is 0.303 e. The van der Waals surface area contributed by atoms with Gasteiger partial charge >= 0.3 is 5.97 Å². The van der Waals surface area contributed by atoms with Gasteiger partial charge in [0, 0.05) is 6.42 Å².